The van der Waals surface area contributed by atoms with Gasteiger partial charge in [0.2, 0.25) is 5.91 Å². The molecule has 4 rings (SSSR count). The Bertz CT molecular complexity index is 987. The molecule has 7 heteroatoms. The summed E-state index contributed by atoms with van der Waals surface area (Å²) in [6, 6.07) is 5.55. The number of likely N-dealkylation sites (N-methyl/N-ethyl adjacent to an activating group) is 1. The Morgan fingerprint density at radius 3 is 2.80 bits per heavy atom. The van der Waals surface area contributed by atoms with Crippen molar-refractivity contribution in [2.45, 2.75) is 58.3 Å². The first-order chi connectivity index (χ1) is 14.1. The molecule has 0 bridgehead atoms. The summed E-state index contributed by atoms with van der Waals surface area (Å²) in [6.45, 7) is 5.18. The van der Waals surface area contributed by atoms with E-state index in [0.717, 1.165) is 56.2 Å². The molecule has 6 nitrogen and oxygen atoms in total. The topological polar surface area (TPSA) is 89.7 Å². The summed E-state index contributed by atoms with van der Waals surface area (Å²) in [5.74, 6) is 1.95. The fraction of sp³-hybridized carbons (Fsp3) is 0.609. The zero-order valence-corrected chi connectivity index (χ0v) is 18.9. The van der Waals surface area contributed by atoms with Gasteiger partial charge in [0, 0.05) is 24.6 Å². The van der Waals surface area contributed by atoms with Crippen LogP contribution in [0.1, 0.15) is 63.0 Å². The normalized spacial score (nSPS) is 30.0. The average Bonchev–Trinajstić information content (AvgIpc) is 3.03. The van der Waals surface area contributed by atoms with Crippen molar-refractivity contribution in [3.05, 3.63) is 41.0 Å². The lowest BCUT2D eigenvalue weighted by molar-refractivity contribution is -0.127. The number of hydrogen-bond acceptors (Lipinski definition) is 4. The summed E-state index contributed by atoms with van der Waals surface area (Å²) in [5, 5.41) is 5.01. The number of benzene rings is 1. The Labute approximate surface area is 179 Å². The first-order valence-electron chi connectivity index (χ1n) is 10.9. The monoisotopic (exact) mass is 432 g/mol. The molecule has 164 valence electrons. The second kappa shape index (κ2) is 7.68. The van der Waals surface area contributed by atoms with E-state index in [-0.39, 0.29) is 17.1 Å². The van der Waals surface area contributed by atoms with Crippen molar-refractivity contribution in [2.75, 3.05) is 13.6 Å². The molecule has 0 saturated heterocycles. The molecule has 3 unspecified atom stereocenters. The van der Waals surface area contributed by atoms with Crippen LogP contribution in [0.2, 0.25) is 0 Å². The van der Waals surface area contributed by atoms with E-state index in [2.05, 4.69) is 19.9 Å². The lowest BCUT2D eigenvalue weighted by Gasteiger charge is -2.50. The predicted molar refractivity (Wildman–Crippen MR) is 116 cm³/mol. The van der Waals surface area contributed by atoms with Crippen molar-refractivity contribution in [1.82, 2.24) is 4.90 Å². The number of allylic oxidation sites excluding steroid dienone is 1. The third-order valence-corrected chi connectivity index (χ3v) is 8.05. The highest BCUT2D eigenvalue weighted by Crippen LogP contribution is 2.61. The highest BCUT2D eigenvalue weighted by atomic mass is 32.2. The van der Waals surface area contributed by atoms with Crippen LogP contribution in [0.3, 0.4) is 0 Å². The minimum Gasteiger partial charge on any atom is -0.371 e. The minimum absolute atomic E-state index is 0.0472. The molecule has 0 aromatic heterocycles. The van der Waals surface area contributed by atoms with Crippen LogP contribution >= 0.6 is 0 Å². The van der Waals surface area contributed by atoms with Gasteiger partial charge in [0.05, 0.1) is 0 Å². The Kier molecular flexibility index (Phi) is 5.47. The summed E-state index contributed by atoms with van der Waals surface area (Å²) < 4.78 is 27.4. The van der Waals surface area contributed by atoms with Crippen LogP contribution < -0.4 is 9.32 Å². The van der Waals surface area contributed by atoms with Gasteiger partial charge in [0.25, 0.3) is 0 Å². The van der Waals surface area contributed by atoms with Gasteiger partial charge < -0.3 is 9.08 Å². The van der Waals surface area contributed by atoms with Gasteiger partial charge in [0.15, 0.2) is 0 Å². The molecule has 1 aromatic rings. The van der Waals surface area contributed by atoms with E-state index in [4.69, 9.17) is 9.32 Å². The van der Waals surface area contributed by atoms with Gasteiger partial charge >= 0.3 is 10.3 Å². The SMILES string of the molecule is CCCN(C)C(=O)C1=CCC2C3CCc4cc(OS(N)(=O)=O)ccc4C3CC[C@]12C. The van der Waals surface area contributed by atoms with Gasteiger partial charge in [-0.2, -0.15) is 13.6 Å². The van der Waals surface area contributed by atoms with Gasteiger partial charge in [-0.25, -0.2) is 0 Å². The molecule has 3 aliphatic rings. The number of carbonyl (C=O) groups is 1. The first kappa shape index (κ1) is 21.4. The van der Waals surface area contributed by atoms with Gasteiger partial charge in [-0.15, -0.1) is 0 Å². The highest BCUT2D eigenvalue weighted by Gasteiger charge is 2.53. The lowest BCUT2D eigenvalue weighted by atomic mass is 9.54. The van der Waals surface area contributed by atoms with Crippen molar-refractivity contribution in [1.29, 1.82) is 0 Å². The average molecular weight is 433 g/mol. The van der Waals surface area contributed by atoms with Crippen molar-refractivity contribution in [2.24, 2.45) is 22.4 Å². The van der Waals surface area contributed by atoms with E-state index in [1.807, 2.05) is 24.1 Å². The Hall–Kier alpha value is -1.86. The molecular formula is C23H32N2O4S. The van der Waals surface area contributed by atoms with Crippen LogP contribution in [0.4, 0.5) is 0 Å². The van der Waals surface area contributed by atoms with E-state index in [0.29, 0.717) is 17.8 Å². The van der Waals surface area contributed by atoms with Crippen LogP contribution in [0.5, 0.6) is 5.75 Å². The van der Waals surface area contributed by atoms with Crippen molar-refractivity contribution in [3.63, 3.8) is 0 Å². The maximum absolute atomic E-state index is 13.1. The zero-order chi connectivity index (χ0) is 21.7. The standard InChI is InChI=1S/C23H32N2O4S/c1-4-13-25(3)22(26)21-10-9-20-19-7-5-15-14-16(29-30(24,27)28)6-8-17(15)18(19)11-12-23(20,21)2/h6,8,10,14,18-20H,4-5,7,9,11-13H2,1-3H3,(H2,24,27,28)/t18?,19?,20?,23-/m0/s1. The quantitative estimate of drug-likeness (QED) is 0.771. The van der Waals surface area contributed by atoms with Crippen LogP contribution in [0.25, 0.3) is 0 Å². The summed E-state index contributed by atoms with van der Waals surface area (Å²) in [5.41, 5.74) is 3.43. The lowest BCUT2D eigenvalue weighted by Crippen LogP contribution is -2.44. The third-order valence-electron chi connectivity index (χ3n) is 7.63. The van der Waals surface area contributed by atoms with Gasteiger partial charge in [-0.1, -0.05) is 26.0 Å². The molecule has 2 N–H and O–H groups in total. The maximum Gasteiger partial charge on any atom is 0.380 e. The molecular weight excluding hydrogens is 400 g/mol. The van der Waals surface area contributed by atoms with Crippen LogP contribution in [0.15, 0.2) is 29.8 Å². The maximum atomic E-state index is 13.1. The second-order valence-electron chi connectivity index (χ2n) is 9.39. The summed E-state index contributed by atoms with van der Waals surface area (Å²) in [6.07, 6.45) is 8.14. The highest BCUT2D eigenvalue weighted by molar-refractivity contribution is 7.84. The Morgan fingerprint density at radius 1 is 1.33 bits per heavy atom. The number of rotatable bonds is 5. The molecule has 1 fully saturated rings. The molecule has 1 amide bonds. The fourth-order valence-corrected chi connectivity index (χ4v) is 6.66. The zero-order valence-electron chi connectivity index (χ0n) is 18.1. The van der Waals surface area contributed by atoms with Crippen molar-refractivity contribution in [3.8, 4) is 5.75 Å². The Morgan fingerprint density at radius 2 is 2.10 bits per heavy atom. The summed E-state index contributed by atoms with van der Waals surface area (Å²) in [7, 11) is -2.11. The number of nitrogens with zero attached hydrogens (tertiary/aromatic N) is 1. The predicted octanol–water partition coefficient (Wildman–Crippen LogP) is 3.53. The van der Waals surface area contributed by atoms with Crippen LogP contribution in [-0.4, -0.2) is 32.8 Å². The third kappa shape index (κ3) is 3.66. The van der Waals surface area contributed by atoms with Gasteiger partial charge in [0.1, 0.15) is 5.75 Å². The number of carbonyl (C=O) groups excluding carboxylic acids is 1. The molecule has 1 aromatic carbocycles. The number of fused-ring (bicyclic) bond motifs is 5. The van der Waals surface area contributed by atoms with E-state index in [1.54, 1.807) is 6.07 Å². The van der Waals surface area contributed by atoms with E-state index >= 15 is 0 Å². The molecule has 0 radical (unpaired) electrons. The van der Waals surface area contributed by atoms with Gasteiger partial charge in [-0.05, 0) is 79.5 Å². The minimum atomic E-state index is -4.02. The molecule has 4 atom stereocenters. The van der Waals surface area contributed by atoms with E-state index in [1.165, 1.54) is 5.56 Å². The van der Waals surface area contributed by atoms with Crippen molar-refractivity contribution < 1.29 is 17.4 Å². The number of hydrogen-bond donors (Lipinski definition) is 1. The fourth-order valence-electron chi connectivity index (χ4n) is 6.29. The van der Waals surface area contributed by atoms with E-state index < -0.39 is 10.3 Å². The first-order valence-corrected chi connectivity index (χ1v) is 12.4. The molecule has 30 heavy (non-hydrogen) atoms. The second-order valence-corrected chi connectivity index (χ2v) is 10.5. The molecule has 3 aliphatic carbocycles. The molecule has 0 aliphatic heterocycles. The largest absolute Gasteiger partial charge is 0.380 e. The number of aryl methyl sites for hydroxylation is 1. The molecule has 0 heterocycles. The number of amides is 1. The molecule has 1 saturated carbocycles. The Balaban J connectivity index is 1.56. The smallest absolute Gasteiger partial charge is 0.371 e. The summed E-state index contributed by atoms with van der Waals surface area (Å²) in [4.78, 5) is 15.0. The number of nitrogens with two attached hydrogens (primary N) is 1. The van der Waals surface area contributed by atoms with E-state index in [9.17, 15) is 13.2 Å². The van der Waals surface area contributed by atoms with Crippen LogP contribution in [0, 0.1) is 17.3 Å². The van der Waals surface area contributed by atoms with Gasteiger partial charge in [-0.3, -0.25) is 4.79 Å². The van der Waals surface area contributed by atoms with Crippen LogP contribution in [-0.2, 0) is 21.5 Å². The summed E-state index contributed by atoms with van der Waals surface area (Å²) >= 11 is 0. The van der Waals surface area contributed by atoms with Crippen molar-refractivity contribution >= 4 is 16.2 Å². The molecule has 0 spiro atoms.